The molecule has 0 spiro atoms. The smallest absolute Gasteiger partial charge is 0.0739 e. The Bertz CT molecular complexity index is 2130. The predicted molar refractivity (Wildman–Crippen MR) is 189 cm³/mol. The molecule has 1 N–H and O–H groups in total. The minimum Gasteiger partial charge on any atom is -0.327 e. The number of rotatable bonds is 8. The number of aliphatic imine (C=N–C) groups is 1. The highest BCUT2D eigenvalue weighted by Gasteiger charge is 2.40. The Morgan fingerprint density at radius 2 is 1.59 bits per heavy atom. The predicted octanol–water partition coefficient (Wildman–Crippen LogP) is 10.2. The summed E-state index contributed by atoms with van der Waals surface area (Å²) in [6, 6.07) is 28.5. The molecule has 0 bridgehead atoms. The van der Waals surface area contributed by atoms with E-state index in [2.05, 4.69) is 153 Å². The van der Waals surface area contributed by atoms with E-state index in [0.29, 0.717) is 6.67 Å². The van der Waals surface area contributed by atoms with Crippen LogP contribution in [0, 0.1) is 5.41 Å². The molecule has 2 aliphatic rings. The molecule has 0 saturated carbocycles. The lowest BCUT2D eigenvalue weighted by molar-refractivity contribution is 0.505. The Labute approximate surface area is 260 Å². The fourth-order valence-electron chi connectivity index (χ4n) is 7.85. The lowest BCUT2D eigenvalue weighted by atomic mass is 9.76. The number of allylic oxidation sites excluding steroid dienone is 5. The molecule has 7 rings (SSSR count). The third-order valence-corrected chi connectivity index (χ3v) is 9.84. The molecule has 44 heavy (non-hydrogen) atoms. The lowest BCUT2D eigenvalue weighted by Gasteiger charge is -2.31. The molecule has 1 atom stereocenters. The maximum atomic E-state index is 4.62. The zero-order valence-corrected chi connectivity index (χ0v) is 26.1. The van der Waals surface area contributed by atoms with Crippen LogP contribution in [0.15, 0.2) is 138 Å². The van der Waals surface area contributed by atoms with Gasteiger partial charge in [-0.05, 0) is 63.0 Å². The third kappa shape index (κ3) is 3.96. The van der Waals surface area contributed by atoms with Gasteiger partial charge in [-0.1, -0.05) is 132 Å². The van der Waals surface area contributed by atoms with Crippen molar-refractivity contribution < 1.29 is 0 Å². The topological polar surface area (TPSA) is 29.3 Å². The van der Waals surface area contributed by atoms with Crippen molar-refractivity contribution in [3.63, 3.8) is 0 Å². The maximum absolute atomic E-state index is 4.62. The summed E-state index contributed by atoms with van der Waals surface area (Å²) >= 11 is 0. The fraction of sp³-hybridized carbons (Fsp3) is 0.195. The van der Waals surface area contributed by atoms with Gasteiger partial charge in [0, 0.05) is 21.6 Å². The molecule has 3 heteroatoms. The van der Waals surface area contributed by atoms with Crippen molar-refractivity contribution in [1.82, 2.24) is 9.88 Å². The highest BCUT2D eigenvalue weighted by Crippen LogP contribution is 2.52. The first-order chi connectivity index (χ1) is 21.2. The molecule has 3 nitrogen and oxygen atoms in total. The van der Waals surface area contributed by atoms with Crippen LogP contribution in [0.2, 0.25) is 0 Å². The second-order valence-electron chi connectivity index (χ2n) is 13.1. The summed E-state index contributed by atoms with van der Waals surface area (Å²) in [6.07, 6.45) is 8.48. The van der Waals surface area contributed by atoms with Crippen LogP contribution in [-0.2, 0) is 12.1 Å². The third-order valence-electron chi connectivity index (χ3n) is 9.84. The number of para-hydroxylation sites is 1. The second kappa shape index (κ2) is 10.2. The molecule has 0 radical (unpaired) electrons. The molecule has 1 unspecified atom stereocenters. The van der Waals surface area contributed by atoms with Gasteiger partial charge in [-0.2, -0.15) is 0 Å². The lowest BCUT2D eigenvalue weighted by Crippen LogP contribution is -2.29. The van der Waals surface area contributed by atoms with Crippen molar-refractivity contribution in [3.8, 4) is 0 Å². The zero-order valence-electron chi connectivity index (χ0n) is 26.1. The average molecular weight is 574 g/mol. The molecule has 2 aliphatic carbocycles. The van der Waals surface area contributed by atoms with Crippen molar-refractivity contribution in [2.45, 2.75) is 45.8 Å². The molecule has 218 valence electrons. The van der Waals surface area contributed by atoms with E-state index in [0.717, 1.165) is 16.8 Å². The number of benzene rings is 4. The Balaban J connectivity index is 1.43. The molecule has 0 fully saturated rings. The summed E-state index contributed by atoms with van der Waals surface area (Å²) in [7, 11) is 0. The molecule has 1 aromatic heterocycles. The Morgan fingerprint density at radius 1 is 0.841 bits per heavy atom. The van der Waals surface area contributed by atoms with Gasteiger partial charge in [-0.15, -0.1) is 0 Å². The van der Waals surface area contributed by atoms with Crippen molar-refractivity contribution in [2.75, 3.05) is 0 Å². The van der Waals surface area contributed by atoms with Gasteiger partial charge < -0.3 is 4.57 Å². The highest BCUT2D eigenvalue weighted by atomic mass is 15.1. The number of nitrogens with zero attached hydrogens (tertiary/aromatic N) is 2. The van der Waals surface area contributed by atoms with Crippen molar-refractivity contribution in [1.29, 1.82) is 0 Å². The van der Waals surface area contributed by atoms with E-state index < -0.39 is 0 Å². The summed E-state index contributed by atoms with van der Waals surface area (Å²) in [5.74, 6) is 0. The van der Waals surface area contributed by atoms with E-state index in [1.807, 2.05) is 12.2 Å². The standard InChI is InChI=1S/C41H39N3/c1-8-27-29-18-14-19-31(37(29)41(5,6)33(27)9-2)38(32-23-24-40(3,4)39(32)42-7)43-25-44-34-20-13-12-17-30(34)36-28-16-11-10-15-26(28)21-22-35(36)44/h8-24,38,43H,1-2,7,25H2,3-6H3. The number of aromatic nitrogens is 1. The van der Waals surface area contributed by atoms with E-state index in [9.17, 15) is 0 Å². The Morgan fingerprint density at radius 3 is 2.34 bits per heavy atom. The van der Waals surface area contributed by atoms with Gasteiger partial charge in [0.15, 0.2) is 0 Å². The second-order valence-corrected chi connectivity index (χ2v) is 13.1. The van der Waals surface area contributed by atoms with Crippen molar-refractivity contribution in [2.24, 2.45) is 10.4 Å². The molecule has 5 aromatic rings. The molecule has 0 saturated heterocycles. The van der Waals surface area contributed by atoms with E-state index >= 15 is 0 Å². The largest absolute Gasteiger partial charge is 0.327 e. The van der Waals surface area contributed by atoms with Crippen LogP contribution in [0.1, 0.15) is 50.4 Å². The zero-order chi connectivity index (χ0) is 30.8. The highest BCUT2D eigenvalue weighted by molar-refractivity contribution is 6.20. The first-order valence-corrected chi connectivity index (χ1v) is 15.4. The fourth-order valence-corrected chi connectivity index (χ4v) is 7.85. The first kappa shape index (κ1) is 28.1. The van der Waals surface area contributed by atoms with Gasteiger partial charge in [0.25, 0.3) is 0 Å². The van der Waals surface area contributed by atoms with E-state index in [-0.39, 0.29) is 16.9 Å². The molecule has 0 aliphatic heterocycles. The number of fused-ring (bicyclic) bond motifs is 6. The molecular weight excluding hydrogens is 534 g/mol. The molecule has 0 amide bonds. The van der Waals surface area contributed by atoms with Gasteiger partial charge in [0.1, 0.15) is 0 Å². The van der Waals surface area contributed by atoms with Crippen LogP contribution < -0.4 is 5.32 Å². The van der Waals surface area contributed by atoms with Crippen LogP contribution in [0.4, 0.5) is 0 Å². The SMILES string of the molecule is C=CC1=C(C=C)C(C)(C)c2c1cccc2C(NCn1c2ccccc2c2c3ccccc3ccc21)C1=C(N=C)C(C)(C)C=C1. The Kier molecular flexibility index (Phi) is 6.49. The van der Waals surface area contributed by atoms with Gasteiger partial charge in [0.2, 0.25) is 0 Å². The van der Waals surface area contributed by atoms with Gasteiger partial charge in [0.05, 0.1) is 29.4 Å². The van der Waals surface area contributed by atoms with Crippen LogP contribution >= 0.6 is 0 Å². The first-order valence-electron chi connectivity index (χ1n) is 15.4. The monoisotopic (exact) mass is 573 g/mol. The van der Waals surface area contributed by atoms with E-state index in [1.54, 1.807) is 0 Å². The van der Waals surface area contributed by atoms with Crippen LogP contribution in [0.5, 0.6) is 0 Å². The van der Waals surface area contributed by atoms with Crippen LogP contribution in [0.3, 0.4) is 0 Å². The van der Waals surface area contributed by atoms with E-state index in [1.165, 1.54) is 54.8 Å². The Hall–Kier alpha value is -4.73. The summed E-state index contributed by atoms with van der Waals surface area (Å²) in [4.78, 5) is 4.62. The normalized spacial score (nSPS) is 17.5. The molecular formula is C41H39N3. The molecule has 4 aromatic carbocycles. The van der Waals surface area contributed by atoms with Crippen molar-refractivity contribution >= 4 is 44.9 Å². The number of nitrogens with one attached hydrogen (secondary N) is 1. The maximum Gasteiger partial charge on any atom is 0.0739 e. The van der Waals surface area contributed by atoms with Crippen molar-refractivity contribution in [3.05, 3.63) is 150 Å². The van der Waals surface area contributed by atoms with Crippen LogP contribution in [0.25, 0.3) is 38.2 Å². The summed E-state index contributed by atoms with van der Waals surface area (Å²) in [6.45, 7) is 22.0. The van der Waals surface area contributed by atoms with E-state index in [4.69, 9.17) is 0 Å². The summed E-state index contributed by atoms with van der Waals surface area (Å²) < 4.78 is 2.42. The number of hydrogen-bond donors (Lipinski definition) is 1. The number of hydrogen-bond acceptors (Lipinski definition) is 2. The minimum atomic E-state index is -0.233. The minimum absolute atomic E-state index is 0.116. The van der Waals surface area contributed by atoms with Gasteiger partial charge >= 0.3 is 0 Å². The summed E-state index contributed by atoms with van der Waals surface area (Å²) in [5, 5.41) is 9.14. The van der Waals surface area contributed by atoms with Gasteiger partial charge in [-0.3, -0.25) is 10.3 Å². The van der Waals surface area contributed by atoms with Gasteiger partial charge in [-0.25, -0.2) is 0 Å². The quantitative estimate of drug-likeness (QED) is 0.184. The molecule has 1 heterocycles. The average Bonchev–Trinajstić information content (AvgIpc) is 3.60. The summed E-state index contributed by atoms with van der Waals surface area (Å²) in [5.41, 5.74) is 10.3. The van der Waals surface area contributed by atoms with Crippen LogP contribution in [-0.4, -0.2) is 11.3 Å².